The molecule has 0 heterocycles. The number of carbonyl (C=O) groups is 1. The smallest absolute Gasteiger partial charge is 0.234 e. The Morgan fingerprint density at radius 1 is 1.15 bits per heavy atom. The van der Waals surface area contributed by atoms with E-state index in [0.717, 1.165) is 21.3 Å². The summed E-state index contributed by atoms with van der Waals surface area (Å²) in [5.74, 6) is -0.0739. The van der Waals surface area contributed by atoms with Crippen molar-refractivity contribution in [2.24, 2.45) is 0 Å². The number of hydrogen-bond donors (Lipinski definition) is 0. The Hall–Kier alpha value is -1.61. The summed E-state index contributed by atoms with van der Waals surface area (Å²) in [6.07, 6.45) is 0. The minimum Gasteiger partial charge on any atom is -0.314 e. The Kier molecular flexibility index (Phi) is 4.61. The van der Waals surface area contributed by atoms with Crippen molar-refractivity contribution in [3.8, 4) is 0 Å². The molecule has 0 saturated heterocycles. The van der Waals surface area contributed by atoms with Crippen molar-refractivity contribution in [1.29, 1.82) is 0 Å². The van der Waals surface area contributed by atoms with E-state index < -0.39 is 0 Å². The Morgan fingerprint density at radius 2 is 1.80 bits per heavy atom. The van der Waals surface area contributed by atoms with Gasteiger partial charge < -0.3 is 4.90 Å². The molecule has 20 heavy (non-hydrogen) atoms. The molecule has 104 valence electrons. The molecule has 2 aromatic rings. The van der Waals surface area contributed by atoms with Gasteiger partial charge in [-0.2, -0.15) is 0 Å². The van der Waals surface area contributed by atoms with E-state index in [1.807, 2.05) is 69.4 Å². The highest BCUT2D eigenvalue weighted by Crippen LogP contribution is 2.29. The normalized spacial score (nSPS) is 12.0. The van der Waals surface area contributed by atoms with Gasteiger partial charge in [-0.1, -0.05) is 36.4 Å². The first-order valence-electron chi connectivity index (χ1n) is 6.59. The van der Waals surface area contributed by atoms with Gasteiger partial charge in [-0.05, 0) is 53.0 Å². The molecule has 1 amide bonds. The molecular formula is C17H18BrNO. The summed E-state index contributed by atoms with van der Waals surface area (Å²) in [6, 6.07) is 15.8. The molecular weight excluding hydrogens is 314 g/mol. The van der Waals surface area contributed by atoms with Gasteiger partial charge in [-0.25, -0.2) is 0 Å². The molecule has 0 aromatic heterocycles. The zero-order valence-corrected chi connectivity index (χ0v) is 13.5. The average Bonchev–Trinajstić information content (AvgIpc) is 2.46. The van der Waals surface area contributed by atoms with Crippen LogP contribution in [0.2, 0.25) is 0 Å². The van der Waals surface area contributed by atoms with E-state index in [2.05, 4.69) is 15.9 Å². The Balaban J connectivity index is 2.24. The lowest BCUT2D eigenvalue weighted by atomic mass is 10.00. The zero-order valence-electron chi connectivity index (χ0n) is 11.9. The van der Waals surface area contributed by atoms with Crippen molar-refractivity contribution in [1.82, 2.24) is 0 Å². The van der Waals surface area contributed by atoms with Crippen LogP contribution in [0.15, 0.2) is 53.0 Å². The van der Waals surface area contributed by atoms with Crippen LogP contribution < -0.4 is 4.90 Å². The number of anilines is 1. The van der Waals surface area contributed by atoms with Crippen molar-refractivity contribution >= 4 is 27.5 Å². The lowest BCUT2D eigenvalue weighted by molar-refractivity contribution is -0.119. The summed E-state index contributed by atoms with van der Waals surface area (Å²) in [4.78, 5) is 14.3. The van der Waals surface area contributed by atoms with Crippen LogP contribution in [0.5, 0.6) is 0 Å². The predicted octanol–water partition coefficient (Wildman–Crippen LogP) is 4.52. The zero-order chi connectivity index (χ0) is 14.7. The molecule has 3 heteroatoms. The van der Waals surface area contributed by atoms with E-state index in [-0.39, 0.29) is 11.8 Å². The molecule has 0 spiro atoms. The van der Waals surface area contributed by atoms with E-state index in [1.165, 1.54) is 0 Å². The molecule has 0 aliphatic heterocycles. The first-order valence-corrected chi connectivity index (χ1v) is 7.38. The molecule has 2 rings (SSSR count). The third-order valence-corrected chi connectivity index (χ3v) is 4.10. The van der Waals surface area contributed by atoms with E-state index in [0.29, 0.717) is 0 Å². The molecule has 0 fully saturated rings. The number of rotatable bonds is 3. The highest BCUT2D eigenvalue weighted by Gasteiger charge is 2.21. The maximum absolute atomic E-state index is 12.6. The SMILES string of the molecule is Cc1ccc(N(C)C(=O)C(C)c2ccccc2)c(Br)c1. The van der Waals surface area contributed by atoms with Crippen molar-refractivity contribution < 1.29 is 4.79 Å². The Bertz CT molecular complexity index is 610. The first-order chi connectivity index (χ1) is 9.50. The minimum atomic E-state index is -0.158. The Labute approximate surface area is 128 Å². The van der Waals surface area contributed by atoms with Crippen molar-refractivity contribution in [2.45, 2.75) is 19.8 Å². The topological polar surface area (TPSA) is 20.3 Å². The maximum Gasteiger partial charge on any atom is 0.234 e. The quantitative estimate of drug-likeness (QED) is 0.809. The van der Waals surface area contributed by atoms with Gasteiger partial charge in [0.15, 0.2) is 0 Å². The molecule has 1 unspecified atom stereocenters. The molecule has 2 aromatic carbocycles. The van der Waals surface area contributed by atoms with Gasteiger partial charge >= 0.3 is 0 Å². The average molecular weight is 332 g/mol. The van der Waals surface area contributed by atoms with Gasteiger partial charge in [-0.15, -0.1) is 0 Å². The lowest BCUT2D eigenvalue weighted by Gasteiger charge is -2.23. The summed E-state index contributed by atoms with van der Waals surface area (Å²) >= 11 is 3.53. The lowest BCUT2D eigenvalue weighted by Crippen LogP contribution is -2.30. The van der Waals surface area contributed by atoms with E-state index in [9.17, 15) is 4.79 Å². The number of likely N-dealkylation sites (N-methyl/N-ethyl adjacent to an activating group) is 1. The summed E-state index contributed by atoms with van der Waals surface area (Å²) in [7, 11) is 1.82. The van der Waals surface area contributed by atoms with Crippen LogP contribution in [0.4, 0.5) is 5.69 Å². The van der Waals surface area contributed by atoms with Crippen LogP contribution in [0, 0.1) is 6.92 Å². The fraction of sp³-hybridized carbons (Fsp3) is 0.235. The van der Waals surface area contributed by atoms with Crippen LogP contribution in [0.25, 0.3) is 0 Å². The fourth-order valence-corrected chi connectivity index (χ4v) is 2.94. The molecule has 2 nitrogen and oxygen atoms in total. The van der Waals surface area contributed by atoms with Crippen molar-refractivity contribution in [3.05, 3.63) is 64.1 Å². The number of nitrogens with zero attached hydrogens (tertiary/aromatic N) is 1. The molecule has 0 aliphatic carbocycles. The second-order valence-corrected chi connectivity index (χ2v) is 5.84. The van der Waals surface area contributed by atoms with Gasteiger partial charge in [0.25, 0.3) is 0 Å². The Morgan fingerprint density at radius 3 is 2.40 bits per heavy atom. The second-order valence-electron chi connectivity index (χ2n) is 4.98. The van der Waals surface area contributed by atoms with E-state index in [4.69, 9.17) is 0 Å². The fourth-order valence-electron chi connectivity index (χ4n) is 2.18. The molecule has 0 saturated carbocycles. The third kappa shape index (κ3) is 3.10. The number of benzene rings is 2. The summed E-state index contributed by atoms with van der Waals surface area (Å²) in [5.41, 5.74) is 3.09. The van der Waals surface area contributed by atoms with Crippen LogP contribution >= 0.6 is 15.9 Å². The van der Waals surface area contributed by atoms with Gasteiger partial charge in [0.1, 0.15) is 0 Å². The monoisotopic (exact) mass is 331 g/mol. The van der Waals surface area contributed by atoms with Crippen molar-refractivity contribution in [2.75, 3.05) is 11.9 Å². The van der Waals surface area contributed by atoms with Gasteiger partial charge in [0.05, 0.1) is 11.6 Å². The largest absolute Gasteiger partial charge is 0.314 e. The number of carbonyl (C=O) groups excluding carboxylic acids is 1. The first kappa shape index (κ1) is 14.8. The highest BCUT2D eigenvalue weighted by molar-refractivity contribution is 9.10. The minimum absolute atomic E-state index is 0.0840. The highest BCUT2D eigenvalue weighted by atomic mass is 79.9. The van der Waals surface area contributed by atoms with E-state index in [1.54, 1.807) is 4.90 Å². The van der Waals surface area contributed by atoms with Crippen LogP contribution in [-0.4, -0.2) is 13.0 Å². The number of hydrogen-bond acceptors (Lipinski definition) is 1. The van der Waals surface area contributed by atoms with Crippen LogP contribution in [0.3, 0.4) is 0 Å². The molecule has 0 radical (unpaired) electrons. The predicted molar refractivity (Wildman–Crippen MR) is 87.1 cm³/mol. The number of aryl methyl sites for hydroxylation is 1. The maximum atomic E-state index is 12.6. The standard InChI is InChI=1S/C17H18BrNO/c1-12-9-10-16(15(18)11-12)19(3)17(20)13(2)14-7-5-4-6-8-14/h4-11,13H,1-3H3. The van der Waals surface area contributed by atoms with Crippen LogP contribution in [-0.2, 0) is 4.79 Å². The van der Waals surface area contributed by atoms with E-state index >= 15 is 0 Å². The molecule has 0 aliphatic rings. The summed E-state index contributed by atoms with van der Waals surface area (Å²) in [6.45, 7) is 3.97. The third-order valence-electron chi connectivity index (χ3n) is 3.47. The number of amides is 1. The molecule has 0 N–H and O–H groups in total. The molecule has 0 bridgehead atoms. The van der Waals surface area contributed by atoms with Crippen molar-refractivity contribution in [3.63, 3.8) is 0 Å². The van der Waals surface area contributed by atoms with Gasteiger partial charge in [-0.3, -0.25) is 4.79 Å². The van der Waals surface area contributed by atoms with Crippen LogP contribution in [0.1, 0.15) is 24.0 Å². The summed E-state index contributed by atoms with van der Waals surface area (Å²) in [5, 5.41) is 0. The summed E-state index contributed by atoms with van der Waals surface area (Å²) < 4.78 is 0.939. The molecule has 1 atom stereocenters. The number of halogens is 1. The second kappa shape index (κ2) is 6.23. The van der Waals surface area contributed by atoms with Gasteiger partial charge in [0.2, 0.25) is 5.91 Å². The van der Waals surface area contributed by atoms with Gasteiger partial charge in [0, 0.05) is 11.5 Å².